The number of rotatable bonds is 6. The summed E-state index contributed by atoms with van der Waals surface area (Å²) in [5, 5.41) is 2.86. The first-order valence-electron chi connectivity index (χ1n) is 6.61. The number of nitrogens with two attached hydrogens (primary N) is 1. The van der Waals surface area contributed by atoms with Gasteiger partial charge in [-0.1, -0.05) is 31.3 Å². The van der Waals surface area contributed by atoms with Crippen molar-refractivity contribution in [1.29, 1.82) is 0 Å². The number of hydrogen-bond donors (Lipinski definition) is 2. The average molecular weight is 290 g/mol. The van der Waals surface area contributed by atoms with Gasteiger partial charge in [0.2, 0.25) is 5.91 Å². The summed E-state index contributed by atoms with van der Waals surface area (Å²) in [6.45, 7) is 2.93. The minimum atomic E-state index is -0.0285. The monoisotopic (exact) mass is 290 g/mol. The first-order chi connectivity index (χ1) is 9.61. The largest absolute Gasteiger partial charge is 0.393 e. The van der Waals surface area contributed by atoms with Crippen molar-refractivity contribution in [1.82, 2.24) is 14.9 Å². The van der Waals surface area contributed by atoms with Crippen LogP contribution in [0.15, 0.2) is 24.3 Å². The molecule has 1 aromatic heterocycles. The van der Waals surface area contributed by atoms with Crippen molar-refractivity contribution in [2.75, 3.05) is 6.54 Å². The molecular formula is C14H18N4OS. The van der Waals surface area contributed by atoms with E-state index in [0.717, 1.165) is 23.3 Å². The maximum atomic E-state index is 11.9. The van der Waals surface area contributed by atoms with Crippen LogP contribution in [0.5, 0.6) is 0 Å². The number of carbonyl (C=O) groups is 1. The van der Waals surface area contributed by atoms with Gasteiger partial charge in [-0.15, -0.1) is 0 Å². The van der Waals surface area contributed by atoms with E-state index in [1.54, 1.807) is 0 Å². The summed E-state index contributed by atoms with van der Waals surface area (Å²) < 4.78 is 1.87. The Morgan fingerprint density at radius 3 is 2.90 bits per heavy atom. The second-order valence-corrected chi connectivity index (χ2v) is 5.12. The summed E-state index contributed by atoms with van der Waals surface area (Å²) in [4.78, 5) is 16.8. The molecule has 0 spiro atoms. The van der Waals surface area contributed by atoms with Gasteiger partial charge in [-0.2, -0.15) is 0 Å². The van der Waals surface area contributed by atoms with Gasteiger partial charge in [0.25, 0.3) is 0 Å². The Balaban J connectivity index is 2.32. The summed E-state index contributed by atoms with van der Waals surface area (Å²) in [5.41, 5.74) is 7.37. The molecule has 0 atom stereocenters. The second-order valence-electron chi connectivity index (χ2n) is 4.60. The standard InChI is InChI=1S/C14H18N4OS/c1-2-7-16-14(19)9-18-11-6-4-3-5-10(11)17-13(18)8-12(15)20/h3-6H,2,7-9H2,1H3,(H2,15,20)(H,16,19). The molecule has 0 unspecified atom stereocenters. The van der Waals surface area contributed by atoms with Crippen LogP contribution < -0.4 is 11.1 Å². The van der Waals surface area contributed by atoms with Crippen molar-refractivity contribution < 1.29 is 4.79 Å². The van der Waals surface area contributed by atoms with Crippen molar-refractivity contribution >= 4 is 34.1 Å². The highest BCUT2D eigenvalue weighted by Crippen LogP contribution is 2.16. The summed E-state index contributed by atoms with van der Waals surface area (Å²) in [6.07, 6.45) is 1.31. The van der Waals surface area contributed by atoms with E-state index in [2.05, 4.69) is 10.3 Å². The van der Waals surface area contributed by atoms with Crippen molar-refractivity contribution in [3.63, 3.8) is 0 Å². The predicted molar refractivity (Wildman–Crippen MR) is 83.5 cm³/mol. The third kappa shape index (κ3) is 3.33. The number of nitrogens with zero attached hydrogens (tertiary/aromatic N) is 2. The number of carbonyl (C=O) groups excluding carboxylic acids is 1. The zero-order chi connectivity index (χ0) is 14.5. The van der Waals surface area contributed by atoms with E-state index in [0.29, 0.717) is 18.0 Å². The van der Waals surface area contributed by atoms with Crippen LogP contribution >= 0.6 is 12.2 Å². The van der Waals surface area contributed by atoms with Gasteiger partial charge in [-0.05, 0) is 18.6 Å². The van der Waals surface area contributed by atoms with Gasteiger partial charge in [-0.3, -0.25) is 4.79 Å². The van der Waals surface area contributed by atoms with Crippen LogP contribution in [-0.2, 0) is 17.8 Å². The van der Waals surface area contributed by atoms with E-state index >= 15 is 0 Å². The van der Waals surface area contributed by atoms with E-state index in [9.17, 15) is 4.79 Å². The molecule has 0 aliphatic heterocycles. The van der Waals surface area contributed by atoms with E-state index in [1.807, 2.05) is 35.8 Å². The minimum Gasteiger partial charge on any atom is -0.393 e. The fraction of sp³-hybridized carbons (Fsp3) is 0.357. The Morgan fingerprint density at radius 2 is 2.20 bits per heavy atom. The Labute approximate surface area is 123 Å². The van der Waals surface area contributed by atoms with E-state index in [4.69, 9.17) is 18.0 Å². The zero-order valence-corrected chi connectivity index (χ0v) is 12.2. The number of thiocarbonyl (C=S) groups is 1. The lowest BCUT2D eigenvalue weighted by molar-refractivity contribution is -0.121. The number of nitrogens with one attached hydrogen (secondary N) is 1. The lowest BCUT2D eigenvalue weighted by atomic mass is 10.3. The van der Waals surface area contributed by atoms with Gasteiger partial charge < -0.3 is 15.6 Å². The van der Waals surface area contributed by atoms with Gasteiger partial charge >= 0.3 is 0 Å². The molecule has 0 saturated heterocycles. The molecule has 0 saturated carbocycles. The average Bonchev–Trinajstić information content (AvgIpc) is 2.74. The Morgan fingerprint density at radius 1 is 1.45 bits per heavy atom. The maximum Gasteiger partial charge on any atom is 0.240 e. The highest BCUT2D eigenvalue weighted by atomic mass is 32.1. The molecule has 20 heavy (non-hydrogen) atoms. The highest BCUT2D eigenvalue weighted by molar-refractivity contribution is 7.80. The van der Waals surface area contributed by atoms with Crippen LogP contribution in [0.2, 0.25) is 0 Å². The van der Waals surface area contributed by atoms with Crippen molar-refractivity contribution in [2.24, 2.45) is 5.73 Å². The molecule has 0 aliphatic rings. The van der Waals surface area contributed by atoms with E-state index in [1.165, 1.54) is 0 Å². The van der Waals surface area contributed by atoms with Gasteiger partial charge in [0, 0.05) is 6.54 Å². The molecule has 5 nitrogen and oxygen atoms in total. The van der Waals surface area contributed by atoms with Gasteiger partial charge in [0.15, 0.2) is 0 Å². The maximum absolute atomic E-state index is 11.9. The fourth-order valence-electron chi connectivity index (χ4n) is 2.06. The first kappa shape index (κ1) is 14.5. The normalized spacial score (nSPS) is 10.7. The third-order valence-corrected chi connectivity index (χ3v) is 3.08. The number of fused-ring (bicyclic) bond motifs is 1. The molecule has 0 aliphatic carbocycles. The summed E-state index contributed by atoms with van der Waals surface area (Å²) in [7, 11) is 0. The van der Waals surface area contributed by atoms with Crippen LogP contribution in [-0.4, -0.2) is 27.0 Å². The number of amides is 1. The van der Waals surface area contributed by atoms with Crippen molar-refractivity contribution in [3.05, 3.63) is 30.1 Å². The van der Waals surface area contributed by atoms with E-state index < -0.39 is 0 Å². The number of aromatic nitrogens is 2. The topological polar surface area (TPSA) is 72.9 Å². The van der Waals surface area contributed by atoms with Crippen LogP contribution in [0, 0.1) is 0 Å². The van der Waals surface area contributed by atoms with Crippen LogP contribution in [0.1, 0.15) is 19.2 Å². The Bertz CT molecular complexity index is 635. The molecule has 1 aromatic carbocycles. The van der Waals surface area contributed by atoms with Gasteiger partial charge in [0.1, 0.15) is 12.4 Å². The number of para-hydroxylation sites is 2. The molecule has 1 amide bonds. The molecule has 0 radical (unpaired) electrons. The Kier molecular flexibility index (Phi) is 4.68. The summed E-state index contributed by atoms with van der Waals surface area (Å²) in [5.74, 6) is 0.699. The zero-order valence-electron chi connectivity index (χ0n) is 11.4. The molecule has 2 aromatic rings. The Hall–Kier alpha value is -1.95. The van der Waals surface area contributed by atoms with Crippen LogP contribution in [0.4, 0.5) is 0 Å². The van der Waals surface area contributed by atoms with Crippen LogP contribution in [0.3, 0.4) is 0 Å². The number of imidazole rings is 1. The first-order valence-corrected chi connectivity index (χ1v) is 7.01. The van der Waals surface area contributed by atoms with Gasteiger partial charge in [0.05, 0.1) is 22.4 Å². The van der Waals surface area contributed by atoms with Crippen molar-refractivity contribution in [2.45, 2.75) is 26.3 Å². The van der Waals surface area contributed by atoms with Crippen LogP contribution in [0.25, 0.3) is 11.0 Å². The van der Waals surface area contributed by atoms with Gasteiger partial charge in [-0.25, -0.2) is 4.98 Å². The SMILES string of the molecule is CCCNC(=O)Cn1c(CC(N)=S)nc2ccccc21. The second kappa shape index (κ2) is 6.47. The predicted octanol–water partition coefficient (Wildman–Crippen LogP) is 1.39. The third-order valence-electron chi connectivity index (χ3n) is 2.94. The number of benzene rings is 1. The smallest absolute Gasteiger partial charge is 0.240 e. The molecule has 3 N–H and O–H groups in total. The minimum absolute atomic E-state index is 0.0285. The molecule has 0 fully saturated rings. The number of hydrogen-bond acceptors (Lipinski definition) is 3. The van der Waals surface area contributed by atoms with E-state index in [-0.39, 0.29) is 12.5 Å². The molecule has 6 heteroatoms. The summed E-state index contributed by atoms with van der Waals surface area (Å²) in [6, 6.07) is 7.70. The molecular weight excluding hydrogens is 272 g/mol. The quantitative estimate of drug-likeness (QED) is 0.789. The summed E-state index contributed by atoms with van der Waals surface area (Å²) >= 11 is 4.95. The fourth-order valence-corrected chi connectivity index (χ4v) is 2.19. The molecule has 106 valence electrons. The molecule has 2 rings (SSSR count). The molecule has 0 bridgehead atoms. The lowest BCUT2D eigenvalue weighted by Crippen LogP contribution is -2.29. The van der Waals surface area contributed by atoms with Crippen molar-refractivity contribution in [3.8, 4) is 0 Å². The highest BCUT2D eigenvalue weighted by Gasteiger charge is 2.13. The molecule has 1 heterocycles. The lowest BCUT2D eigenvalue weighted by Gasteiger charge is -2.09.